The number of aliphatic imine (C=N–C) groups is 1. The van der Waals surface area contributed by atoms with Gasteiger partial charge in [-0.15, -0.1) is 24.0 Å². The lowest BCUT2D eigenvalue weighted by Crippen LogP contribution is -2.44. The number of methoxy groups -OCH3 is 1. The highest BCUT2D eigenvalue weighted by molar-refractivity contribution is 14.0. The smallest absolute Gasteiger partial charge is 0.191 e. The van der Waals surface area contributed by atoms with Gasteiger partial charge in [-0.25, -0.2) is 8.42 Å². The highest BCUT2D eigenvalue weighted by Gasteiger charge is 2.28. The van der Waals surface area contributed by atoms with Crippen molar-refractivity contribution in [3.8, 4) is 5.75 Å². The average Bonchev–Trinajstić information content (AvgIpc) is 2.91. The van der Waals surface area contributed by atoms with Gasteiger partial charge in [-0.3, -0.25) is 4.99 Å². The molecule has 142 valence electrons. The molecule has 25 heavy (non-hydrogen) atoms. The fraction of sp³-hybridized carbons (Fsp3) is 0.588. The van der Waals surface area contributed by atoms with Crippen LogP contribution in [0.5, 0.6) is 5.75 Å². The summed E-state index contributed by atoms with van der Waals surface area (Å²) in [4.78, 5) is 4.62. The van der Waals surface area contributed by atoms with Crippen molar-refractivity contribution in [2.75, 3.05) is 31.7 Å². The van der Waals surface area contributed by atoms with Gasteiger partial charge in [0.15, 0.2) is 15.8 Å². The lowest BCUT2D eigenvalue weighted by molar-refractivity contribution is 0.406. The average molecular weight is 481 g/mol. The van der Waals surface area contributed by atoms with E-state index in [-0.39, 0.29) is 47.4 Å². The molecule has 1 aliphatic heterocycles. The molecule has 0 spiro atoms. The van der Waals surface area contributed by atoms with Crippen LogP contribution in [0, 0.1) is 0 Å². The van der Waals surface area contributed by atoms with Crippen LogP contribution >= 0.6 is 24.0 Å². The second kappa shape index (κ2) is 10.2. The maximum Gasteiger partial charge on any atom is 0.191 e. The summed E-state index contributed by atoms with van der Waals surface area (Å²) in [7, 11) is -1.23. The van der Waals surface area contributed by atoms with E-state index < -0.39 is 9.84 Å². The normalized spacial score (nSPS) is 20.4. The molecule has 0 aromatic heterocycles. The molecule has 1 aromatic rings. The molecular weight excluding hydrogens is 453 g/mol. The molecule has 0 radical (unpaired) electrons. The minimum Gasteiger partial charge on any atom is -0.496 e. The quantitative estimate of drug-likeness (QED) is 0.370. The first-order valence-corrected chi connectivity index (χ1v) is 10.2. The molecule has 2 unspecified atom stereocenters. The molecular formula is C17H28IN3O3S. The van der Waals surface area contributed by atoms with Gasteiger partial charge in [0.1, 0.15) is 5.75 Å². The third kappa shape index (κ3) is 6.65. The Morgan fingerprint density at radius 1 is 1.40 bits per heavy atom. The monoisotopic (exact) mass is 481 g/mol. The van der Waals surface area contributed by atoms with Gasteiger partial charge in [-0.2, -0.15) is 0 Å². The minimum atomic E-state index is -2.90. The number of rotatable bonds is 6. The zero-order valence-corrected chi connectivity index (χ0v) is 18.1. The molecule has 1 saturated heterocycles. The van der Waals surface area contributed by atoms with E-state index in [1.807, 2.05) is 31.2 Å². The standard InChI is InChI=1S/C17H27N3O3S.HI/c1-4-18-17(20-14-9-10-24(21,22)12-14)19-11-13(2)15-7-5-6-8-16(15)23-3;/h5-8,13-14H,4,9-12H2,1-3H3,(H2,18,19,20);1H. The first-order valence-electron chi connectivity index (χ1n) is 8.33. The SMILES string of the molecule is CCNC(=NCC(C)c1ccccc1OC)NC1CCS(=O)(=O)C1.I. The van der Waals surface area contributed by atoms with Crippen LogP contribution in [0.1, 0.15) is 31.7 Å². The van der Waals surface area contributed by atoms with Crippen LogP contribution in [-0.4, -0.2) is 52.1 Å². The van der Waals surface area contributed by atoms with E-state index in [0.717, 1.165) is 17.9 Å². The molecule has 1 aromatic carbocycles. The van der Waals surface area contributed by atoms with Crippen molar-refractivity contribution >= 4 is 39.8 Å². The van der Waals surface area contributed by atoms with Gasteiger partial charge in [0.05, 0.1) is 18.6 Å². The summed E-state index contributed by atoms with van der Waals surface area (Å²) in [5.74, 6) is 2.16. The number of ether oxygens (including phenoxy) is 1. The van der Waals surface area contributed by atoms with Crippen molar-refractivity contribution in [1.29, 1.82) is 0 Å². The number of hydrogen-bond donors (Lipinski definition) is 2. The summed E-state index contributed by atoms with van der Waals surface area (Å²) >= 11 is 0. The third-order valence-corrected chi connectivity index (χ3v) is 5.88. The van der Waals surface area contributed by atoms with Crippen molar-refractivity contribution < 1.29 is 13.2 Å². The lowest BCUT2D eigenvalue weighted by Gasteiger charge is -2.18. The van der Waals surface area contributed by atoms with Crippen LogP contribution in [0.25, 0.3) is 0 Å². The van der Waals surface area contributed by atoms with E-state index in [1.165, 1.54) is 0 Å². The Labute approximate surface area is 167 Å². The van der Waals surface area contributed by atoms with E-state index in [0.29, 0.717) is 18.9 Å². The van der Waals surface area contributed by atoms with Crippen LogP contribution in [0.2, 0.25) is 0 Å². The largest absolute Gasteiger partial charge is 0.496 e. The Kier molecular flexibility index (Phi) is 8.98. The second-order valence-electron chi connectivity index (χ2n) is 6.11. The molecule has 8 heteroatoms. The number of nitrogens with zero attached hydrogens (tertiary/aromatic N) is 1. The number of guanidine groups is 1. The number of para-hydroxylation sites is 1. The molecule has 0 aliphatic carbocycles. The number of sulfone groups is 1. The van der Waals surface area contributed by atoms with E-state index in [1.54, 1.807) is 7.11 Å². The number of halogens is 1. The zero-order chi connectivity index (χ0) is 17.6. The van der Waals surface area contributed by atoms with E-state index in [4.69, 9.17) is 4.74 Å². The van der Waals surface area contributed by atoms with Gasteiger partial charge in [0.25, 0.3) is 0 Å². The summed E-state index contributed by atoms with van der Waals surface area (Å²) < 4.78 is 28.6. The second-order valence-corrected chi connectivity index (χ2v) is 8.34. The van der Waals surface area contributed by atoms with Crippen molar-refractivity contribution in [2.45, 2.75) is 32.2 Å². The Morgan fingerprint density at radius 3 is 2.72 bits per heavy atom. The van der Waals surface area contributed by atoms with Crippen molar-refractivity contribution in [2.24, 2.45) is 4.99 Å². The Hall–Kier alpha value is -1.03. The molecule has 1 aliphatic rings. The van der Waals surface area contributed by atoms with Gasteiger partial charge in [-0.05, 0) is 25.0 Å². The predicted octanol–water partition coefficient (Wildman–Crippen LogP) is 2.16. The molecule has 0 amide bonds. The summed E-state index contributed by atoms with van der Waals surface area (Å²) in [6.45, 7) is 5.42. The van der Waals surface area contributed by atoms with E-state index >= 15 is 0 Å². The van der Waals surface area contributed by atoms with Crippen molar-refractivity contribution in [3.05, 3.63) is 29.8 Å². The number of benzene rings is 1. The molecule has 0 saturated carbocycles. The minimum absolute atomic E-state index is 0. The fourth-order valence-electron chi connectivity index (χ4n) is 2.82. The van der Waals surface area contributed by atoms with Crippen molar-refractivity contribution in [1.82, 2.24) is 10.6 Å². The summed E-state index contributed by atoms with van der Waals surface area (Å²) in [6, 6.07) is 7.87. The molecule has 2 atom stereocenters. The summed E-state index contributed by atoms with van der Waals surface area (Å²) in [5, 5.41) is 6.42. The maximum atomic E-state index is 11.6. The molecule has 2 N–H and O–H groups in total. The van der Waals surface area contributed by atoms with Crippen LogP contribution in [-0.2, 0) is 9.84 Å². The third-order valence-electron chi connectivity index (χ3n) is 4.11. The van der Waals surface area contributed by atoms with Gasteiger partial charge in [0.2, 0.25) is 0 Å². The first kappa shape index (κ1) is 22.0. The van der Waals surface area contributed by atoms with Gasteiger partial charge < -0.3 is 15.4 Å². The van der Waals surface area contributed by atoms with Gasteiger partial charge in [0, 0.05) is 25.0 Å². The summed E-state index contributed by atoms with van der Waals surface area (Å²) in [6.07, 6.45) is 0.634. The lowest BCUT2D eigenvalue weighted by atomic mass is 10.0. The van der Waals surface area contributed by atoms with Crippen LogP contribution < -0.4 is 15.4 Å². The van der Waals surface area contributed by atoms with Gasteiger partial charge >= 0.3 is 0 Å². The topological polar surface area (TPSA) is 79.8 Å². The highest BCUT2D eigenvalue weighted by atomic mass is 127. The number of hydrogen-bond acceptors (Lipinski definition) is 4. The van der Waals surface area contributed by atoms with Crippen LogP contribution in [0.4, 0.5) is 0 Å². The molecule has 1 fully saturated rings. The first-order chi connectivity index (χ1) is 11.4. The molecule has 6 nitrogen and oxygen atoms in total. The van der Waals surface area contributed by atoms with Gasteiger partial charge in [-0.1, -0.05) is 25.1 Å². The molecule has 1 heterocycles. The number of nitrogens with one attached hydrogen (secondary N) is 2. The maximum absolute atomic E-state index is 11.6. The Balaban J connectivity index is 0.00000312. The highest BCUT2D eigenvalue weighted by Crippen LogP contribution is 2.26. The van der Waals surface area contributed by atoms with Crippen molar-refractivity contribution in [3.63, 3.8) is 0 Å². The predicted molar refractivity (Wildman–Crippen MR) is 113 cm³/mol. The fourth-order valence-corrected chi connectivity index (χ4v) is 4.50. The Bertz CT molecular complexity index is 679. The molecule has 0 bridgehead atoms. The Morgan fingerprint density at radius 2 is 2.12 bits per heavy atom. The van der Waals surface area contributed by atoms with E-state index in [2.05, 4.69) is 22.5 Å². The van der Waals surface area contributed by atoms with E-state index in [9.17, 15) is 8.42 Å². The van der Waals surface area contributed by atoms with Crippen LogP contribution in [0.3, 0.4) is 0 Å². The zero-order valence-electron chi connectivity index (χ0n) is 15.0. The molecule has 2 rings (SSSR count). The summed E-state index contributed by atoms with van der Waals surface area (Å²) in [5.41, 5.74) is 1.11. The van der Waals surface area contributed by atoms with Crippen LogP contribution in [0.15, 0.2) is 29.3 Å².